The molecule has 0 spiro atoms. The van der Waals surface area contributed by atoms with Crippen molar-refractivity contribution in [2.45, 2.75) is 0 Å². The molecule has 0 aliphatic carbocycles. The second-order valence-corrected chi connectivity index (χ2v) is 3.31. The molecule has 2 N–H and O–H groups in total. The van der Waals surface area contributed by atoms with E-state index in [1.165, 1.54) is 31.2 Å². The standard InChI is InChI=1S/C11H12N2O3/c1-15-10-5-7-8(6-11(10)16-2)13(12)4-3-9(7)14/h3-6H,12H2,1-2H3. The Bertz CT molecular complexity index is 590. The lowest BCUT2D eigenvalue weighted by Gasteiger charge is -2.10. The Kier molecular flexibility index (Phi) is 2.44. The van der Waals surface area contributed by atoms with Crippen LogP contribution in [0.15, 0.2) is 29.2 Å². The molecule has 1 aromatic heterocycles. The zero-order valence-corrected chi connectivity index (χ0v) is 9.06. The first-order chi connectivity index (χ1) is 7.67. The number of fused-ring (bicyclic) bond motifs is 1. The lowest BCUT2D eigenvalue weighted by Crippen LogP contribution is -2.14. The zero-order chi connectivity index (χ0) is 11.7. The number of benzene rings is 1. The van der Waals surface area contributed by atoms with E-state index in [9.17, 15) is 4.79 Å². The number of ether oxygens (including phenoxy) is 2. The summed E-state index contributed by atoms with van der Waals surface area (Å²) in [4.78, 5) is 11.6. The van der Waals surface area contributed by atoms with Crippen molar-refractivity contribution < 1.29 is 9.47 Å². The molecular formula is C11H12N2O3. The monoisotopic (exact) mass is 220 g/mol. The van der Waals surface area contributed by atoms with Crippen LogP contribution in [0.4, 0.5) is 0 Å². The predicted octanol–water partition coefficient (Wildman–Crippen LogP) is 0.732. The average Bonchev–Trinajstić information content (AvgIpc) is 2.32. The molecule has 0 saturated carbocycles. The van der Waals surface area contributed by atoms with Crippen molar-refractivity contribution in [2.75, 3.05) is 20.1 Å². The number of pyridine rings is 1. The third-order valence-electron chi connectivity index (χ3n) is 2.43. The summed E-state index contributed by atoms with van der Waals surface area (Å²) in [6.45, 7) is 0. The van der Waals surface area contributed by atoms with Crippen molar-refractivity contribution in [1.29, 1.82) is 0 Å². The van der Waals surface area contributed by atoms with Gasteiger partial charge in [0.1, 0.15) is 0 Å². The van der Waals surface area contributed by atoms with Gasteiger partial charge in [0, 0.05) is 18.3 Å². The summed E-state index contributed by atoms with van der Waals surface area (Å²) in [6, 6.07) is 4.71. The molecule has 0 aliphatic rings. The van der Waals surface area contributed by atoms with E-state index in [1.807, 2.05) is 0 Å². The van der Waals surface area contributed by atoms with Crippen LogP contribution in [0, 0.1) is 0 Å². The number of methoxy groups -OCH3 is 2. The summed E-state index contributed by atoms with van der Waals surface area (Å²) in [5.74, 6) is 6.78. The highest BCUT2D eigenvalue weighted by molar-refractivity contribution is 5.83. The SMILES string of the molecule is COc1cc2c(=O)ccn(N)c2cc1OC. The normalized spacial score (nSPS) is 10.4. The van der Waals surface area contributed by atoms with Crippen LogP contribution < -0.4 is 20.7 Å². The number of hydrogen-bond acceptors (Lipinski definition) is 4. The summed E-state index contributed by atoms with van der Waals surface area (Å²) < 4.78 is 11.6. The molecule has 0 amide bonds. The van der Waals surface area contributed by atoms with Gasteiger partial charge in [0.05, 0.1) is 25.1 Å². The fraction of sp³-hybridized carbons (Fsp3) is 0.182. The summed E-state index contributed by atoms with van der Waals surface area (Å²) in [6.07, 6.45) is 1.51. The maximum atomic E-state index is 11.6. The van der Waals surface area contributed by atoms with Crippen LogP contribution in [0.2, 0.25) is 0 Å². The van der Waals surface area contributed by atoms with E-state index in [0.717, 1.165) is 0 Å². The number of nitrogen functional groups attached to an aromatic ring is 1. The van der Waals surface area contributed by atoms with Crippen LogP contribution in [0.1, 0.15) is 0 Å². The van der Waals surface area contributed by atoms with E-state index in [0.29, 0.717) is 22.4 Å². The molecule has 5 nitrogen and oxygen atoms in total. The molecule has 1 heterocycles. The van der Waals surface area contributed by atoms with E-state index in [4.69, 9.17) is 15.3 Å². The van der Waals surface area contributed by atoms with Crippen LogP contribution in [0.25, 0.3) is 10.9 Å². The fourth-order valence-electron chi connectivity index (χ4n) is 1.60. The van der Waals surface area contributed by atoms with Gasteiger partial charge in [-0.15, -0.1) is 0 Å². The van der Waals surface area contributed by atoms with Gasteiger partial charge in [-0.2, -0.15) is 0 Å². The lowest BCUT2D eigenvalue weighted by atomic mass is 10.2. The largest absolute Gasteiger partial charge is 0.493 e. The van der Waals surface area contributed by atoms with Crippen LogP contribution in [0.5, 0.6) is 11.5 Å². The number of nitrogens with two attached hydrogens (primary N) is 1. The minimum absolute atomic E-state index is 0.0994. The molecule has 0 unspecified atom stereocenters. The van der Waals surface area contributed by atoms with Gasteiger partial charge in [-0.05, 0) is 6.07 Å². The highest BCUT2D eigenvalue weighted by atomic mass is 16.5. The topological polar surface area (TPSA) is 66.5 Å². The third-order valence-corrected chi connectivity index (χ3v) is 2.43. The van der Waals surface area contributed by atoms with E-state index < -0.39 is 0 Å². The molecule has 2 aromatic rings. The molecule has 16 heavy (non-hydrogen) atoms. The second-order valence-electron chi connectivity index (χ2n) is 3.31. The number of nitrogens with zero attached hydrogens (tertiary/aromatic N) is 1. The summed E-state index contributed by atoms with van der Waals surface area (Å²) >= 11 is 0. The molecule has 5 heteroatoms. The van der Waals surface area contributed by atoms with E-state index in [2.05, 4.69) is 0 Å². The third kappa shape index (κ3) is 1.46. The zero-order valence-electron chi connectivity index (χ0n) is 9.06. The molecule has 1 aromatic carbocycles. The maximum absolute atomic E-state index is 11.6. The van der Waals surface area contributed by atoms with Gasteiger partial charge in [0.2, 0.25) is 0 Å². The molecule has 0 radical (unpaired) electrons. The smallest absolute Gasteiger partial charge is 0.189 e. The number of aromatic nitrogens is 1. The molecule has 0 aliphatic heterocycles. The van der Waals surface area contributed by atoms with Crippen LogP contribution in [-0.2, 0) is 0 Å². The van der Waals surface area contributed by atoms with Crippen molar-refractivity contribution in [1.82, 2.24) is 4.68 Å². The average molecular weight is 220 g/mol. The van der Waals surface area contributed by atoms with Crippen LogP contribution >= 0.6 is 0 Å². The number of hydrogen-bond donors (Lipinski definition) is 1. The summed E-state index contributed by atoms with van der Waals surface area (Å²) in [5.41, 5.74) is 0.503. The Balaban J connectivity index is 2.88. The molecule has 0 fully saturated rings. The first-order valence-corrected chi connectivity index (χ1v) is 4.70. The molecule has 0 atom stereocenters. The van der Waals surface area contributed by atoms with E-state index in [-0.39, 0.29) is 5.43 Å². The quantitative estimate of drug-likeness (QED) is 0.758. The Hall–Kier alpha value is -2.17. The van der Waals surface area contributed by atoms with Gasteiger partial charge >= 0.3 is 0 Å². The van der Waals surface area contributed by atoms with Gasteiger partial charge in [0.15, 0.2) is 16.9 Å². The van der Waals surface area contributed by atoms with Crippen molar-refractivity contribution in [3.63, 3.8) is 0 Å². The van der Waals surface area contributed by atoms with E-state index >= 15 is 0 Å². The minimum atomic E-state index is -0.0994. The van der Waals surface area contributed by atoms with Gasteiger partial charge < -0.3 is 15.3 Å². The highest BCUT2D eigenvalue weighted by Crippen LogP contribution is 2.30. The van der Waals surface area contributed by atoms with E-state index in [1.54, 1.807) is 12.1 Å². The van der Waals surface area contributed by atoms with Crippen molar-refractivity contribution in [2.24, 2.45) is 0 Å². The molecule has 2 rings (SSSR count). The molecule has 0 saturated heterocycles. The Morgan fingerprint density at radius 1 is 1.19 bits per heavy atom. The van der Waals surface area contributed by atoms with Gasteiger partial charge in [-0.3, -0.25) is 9.47 Å². The van der Waals surface area contributed by atoms with Gasteiger partial charge in [0.25, 0.3) is 0 Å². The van der Waals surface area contributed by atoms with Crippen LogP contribution in [-0.4, -0.2) is 18.9 Å². The van der Waals surface area contributed by atoms with Gasteiger partial charge in [-0.1, -0.05) is 0 Å². The highest BCUT2D eigenvalue weighted by Gasteiger charge is 2.09. The first kappa shape index (κ1) is 10.4. The summed E-state index contributed by atoms with van der Waals surface area (Å²) in [5, 5.41) is 0.502. The van der Waals surface area contributed by atoms with Crippen LogP contribution in [0.3, 0.4) is 0 Å². The Morgan fingerprint density at radius 3 is 2.44 bits per heavy atom. The maximum Gasteiger partial charge on any atom is 0.189 e. The van der Waals surface area contributed by atoms with Crippen molar-refractivity contribution in [3.8, 4) is 11.5 Å². The molecule has 0 bridgehead atoms. The minimum Gasteiger partial charge on any atom is -0.493 e. The first-order valence-electron chi connectivity index (χ1n) is 4.70. The Morgan fingerprint density at radius 2 is 1.81 bits per heavy atom. The lowest BCUT2D eigenvalue weighted by molar-refractivity contribution is 0.355. The van der Waals surface area contributed by atoms with Crippen molar-refractivity contribution >= 4 is 10.9 Å². The molecule has 84 valence electrons. The molecular weight excluding hydrogens is 208 g/mol. The predicted molar refractivity (Wildman–Crippen MR) is 61.5 cm³/mol. The fourth-order valence-corrected chi connectivity index (χ4v) is 1.60. The number of rotatable bonds is 2. The summed E-state index contributed by atoms with van der Waals surface area (Å²) in [7, 11) is 3.05. The second kappa shape index (κ2) is 3.77. The van der Waals surface area contributed by atoms with Gasteiger partial charge in [-0.25, -0.2) is 0 Å². The Labute approximate surface area is 92.0 Å². The van der Waals surface area contributed by atoms with Crippen molar-refractivity contribution in [3.05, 3.63) is 34.6 Å².